The van der Waals surface area contributed by atoms with Crippen LogP contribution in [-0.4, -0.2) is 41.0 Å². The molecular formula is C23H22N2O5. The van der Waals surface area contributed by atoms with E-state index in [-0.39, 0.29) is 11.7 Å². The summed E-state index contributed by atoms with van der Waals surface area (Å²) in [5.74, 6) is -0.476. The molecule has 4 rings (SSSR count). The van der Waals surface area contributed by atoms with Gasteiger partial charge in [0.25, 0.3) is 0 Å². The Balaban J connectivity index is 1.67. The van der Waals surface area contributed by atoms with Crippen LogP contribution in [0.3, 0.4) is 0 Å². The predicted octanol–water partition coefficient (Wildman–Crippen LogP) is 3.47. The monoisotopic (exact) mass is 406 g/mol. The number of cyclic esters (lactones) is 1. The third-order valence-electron chi connectivity index (χ3n) is 4.89. The molecule has 0 N–H and O–H groups in total. The Labute approximate surface area is 174 Å². The number of rotatable bonds is 6. The number of methoxy groups -OCH3 is 1. The third-order valence-corrected chi connectivity index (χ3v) is 4.89. The van der Waals surface area contributed by atoms with Gasteiger partial charge in [-0.05, 0) is 24.6 Å². The van der Waals surface area contributed by atoms with Crippen LogP contribution in [-0.2, 0) is 20.8 Å². The average Bonchev–Trinajstić information content (AvgIpc) is 3.31. The maximum atomic E-state index is 13.0. The second-order valence-electron chi connectivity index (χ2n) is 7.18. The Morgan fingerprint density at radius 2 is 2.00 bits per heavy atom. The minimum atomic E-state index is -0.900. The van der Waals surface area contributed by atoms with Gasteiger partial charge < -0.3 is 14.2 Å². The molecular weight excluding hydrogens is 384 g/mol. The first kappa shape index (κ1) is 19.7. The summed E-state index contributed by atoms with van der Waals surface area (Å²) in [6, 6.07) is 17.1. The summed E-state index contributed by atoms with van der Waals surface area (Å²) in [6.07, 6.45) is 0.822. The van der Waals surface area contributed by atoms with Crippen molar-refractivity contribution in [2.45, 2.75) is 32.1 Å². The summed E-state index contributed by atoms with van der Waals surface area (Å²) in [4.78, 5) is 24.9. The van der Waals surface area contributed by atoms with Gasteiger partial charge in [0.15, 0.2) is 0 Å². The van der Waals surface area contributed by atoms with E-state index in [1.165, 1.54) is 0 Å². The minimum absolute atomic E-state index is 0.269. The lowest BCUT2D eigenvalue weighted by Crippen LogP contribution is -2.22. The Hall–Kier alpha value is -3.61. The zero-order valence-corrected chi connectivity index (χ0v) is 16.8. The van der Waals surface area contributed by atoms with Gasteiger partial charge in [0.1, 0.15) is 23.1 Å². The maximum Gasteiger partial charge on any atom is 0.347 e. The smallest absolute Gasteiger partial charge is 0.347 e. The van der Waals surface area contributed by atoms with Crippen LogP contribution in [0.25, 0.3) is 11.3 Å². The van der Waals surface area contributed by atoms with Gasteiger partial charge in [-0.1, -0.05) is 42.5 Å². The number of ether oxygens (including phenoxy) is 3. The van der Waals surface area contributed by atoms with E-state index < -0.39 is 18.0 Å². The summed E-state index contributed by atoms with van der Waals surface area (Å²) in [5, 5.41) is 4.62. The lowest BCUT2D eigenvalue weighted by Gasteiger charge is -2.08. The SMILES string of the molecule is COc1cccc(-c2nn(Cc3ccccc3)cc2C(=O)O[C@@H]2C[C@@H](C)OC2=O)c1. The van der Waals surface area contributed by atoms with Crippen molar-refractivity contribution in [3.63, 3.8) is 0 Å². The highest BCUT2D eigenvalue weighted by Gasteiger charge is 2.36. The van der Waals surface area contributed by atoms with Gasteiger partial charge in [0.05, 0.1) is 13.7 Å². The molecule has 3 aromatic rings. The molecule has 1 aliphatic heterocycles. The summed E-state index contributed by atoms with van der Waals surface area (Å²) < 4.78 is 17.5. The van der Waals surface area contributed by atoms with Crippen molar-refractivity contribution in [3.8, 4) is 17.0 Å². The number of aromatic nitrogens is 2. The molecule has 1 aliphatic rings. The lowest BCUT2D eigenvalue weighted by atomic mass is 10.1. The van der Waals surface area contributed by atoms with Gasteiger partial charge in [-0.3, -0.25) is 4.68 Å². The quantitative estimate of drug-likeness (QED) is 0.583. The van der Waals surface area contributed by atoms with Gasteiger partial charge in [-0.25, -0.2) is 9.59 Å². The second-order valence-corrected chi connectivity index (χ2v) is 7.18. The molecule has 0 saturated carbocycles. The Morgan fingerprint density at radius 1 is 1.20 bits per heavy atom. The molecule has 30 heavy (non-hydrogen) atoms. The van der Waals surface area contributed by atoms with Crippen molar-refractivity contribution in [3.05, 3.63) is 71.9 Å². The molecule has 1 fully saturated rings. The molecule has 0 amide bonds. The summed E-state index contributed by atoms with van der Waals surface area (Å²) in [5.41, 5.74) is 2.52. The zero-order chi connectivity index (χ0) is 21.1. The molecule has 0 unspecified atom stereocenters. The standard InChI is InChI=1S/C23H22N2O5/c1-15-11-20(23(27)29-15)30-22(26)19-14-25(13-16-7-4-3-5-8-16)24-21(19)17-9-6-10-18(12-17)28-2/h3-10,12,14-15,20H,11,13H2,1-2H3/t15-,20-/m1/s1. The van der Waals surface area contributed by atoms with E-state index >= 15 is 0 Å². The fraction of sp³-hybridized carbons (Fsp3) is 0.261. The molecule has 2 heterocycles. The zero-order valence-electron chi connectivity index (χ0n) is 16.8. The second kappa shape index (κ2) is 8.41. The fourth-order valence-electron chi connectivity index (χ4n) is 3.41. The summed E-state index contributed by atoms with van der Waals surface area (Å²) >= 11 is 0. The van der Waals surface area contributed by atoms with E-state index in [4.69, 9.17) is 14.2 Å². The van der Waals surface area contributed by atoms with Crippen LogP contribution in [0.15, 0.2) is 60.8 Å². The first-order chi connectivity index (χ1) is 14.5. The fourth-order valence-corrected chi connectivity index (χ4v) is 3.41. The Morgan fingerprint density at radius 3 is 2.70 bits per heavy atom. The molecule has 1 saturated heterocycles. The molecule has 1 aromatic heterocycles. The Kier molecular flexibility index (Phi) is 5.52. The highest BCUT2D eigenvalue weighted by atomic mass is 16.6. The van der Waals surface area contributed by atoms with Gasteiger partial charge in [-0.15, -0.1) is 0 Å². The minimum Gasteiger partial charge on any atom is -0.497 e. The van der Waals surface area contributed by atoms with Crippen LogP contribution in [0.5, 0.6) is 5.75 Å². The number of nitrogens with zero attached hydrogens (tertiary/aromatic N) is 2. The normalized spacial score (nSPS) is 18.1. The van der Waals surface area contributed by atoms with Crippen LogP contribution in [0.4, 0.5) is 0 Å². The van der Waals surface area contributed by atoms with Gasteiger partial charge in [-0.2, -0.15) is 5.10 Å². The van der Waals surface area contributed by atoms with E-state index in [2.05, 4.69) is 5.10 Å². The van der Waals surface area contributed by atoms with Crippen molar-refractivity contribution in [2.75, 3.05) is 7.11 Å². The number of hydrogen-bond acceptors (Lipinski definition) is 6. The number of carbonyl (C=O) groups excluding carboxylic acids is 2. The molecule has 0 spiro atoms. The van der Waals surface area contributed by atoms with Crippen LogP contribution in [0.2, 0.25) is 0 Å². The molecule has 0 bridgehead atoms. The van der Waals surface area contributed by atoms with Crippen LogP contribution in [0.1, 0.15) is 29.3 Å². The Bertz CT molecular complexity index is 1060. The van der Waals surface area contributed by atoms with Crippen molar-refractivity contribution < 1.29 is 23.8 Å². The number of benzene rings is 2. The highest BCUT2D eigenvalue weighted by molar-refractivity contribution is 5.97. The largest absolute Gasteiger partial charge is 0.497 e. The average molecular weight is 406 g/mol. The molecule has 2 atom stereocenters. The van der Waals surface area contributed by atoms with Gasteiger partial charge in [0, 0.05) is 18.2 Å². The topological polar surface area (TPSA) is 79.7 Å². The number of carbonyl (C=O) groups is 2. The van der Waals surface area contributed by atoms with E-state index in [9.17, 15) is 9.59 Å². The van der Waals surface area contributed by atoms with E-state index in [1.807, 2.05) is 48.5 Å². The first-order valence-electron chi connectivity index (χ1n) is 9.71. The summed E-state index contributed by atoms with van der Waals surface area (Å²) in [7, 11) is 1.58. The van der Waals surface area contributed by atoms with Gasteiger partial charge >= 0.3 is 11.9 Å². The molecule has 2 aromatic carbocycles. The lowest BCUT2D eigenvalue weighted by molar-refractivity contribution is -0.147. The highest BCUT2D eigenvalue weighted by Crippen LogP contribution is 2.28. The third kappa shape index (κ3) is 4.20. The first-order valence-corrected chi connectivity index (χ1v) is 9.71. The molecule has 0 aliphatic carbocycles. The van der Waals surface area contributed by atoms with Crippen molar-refractivity contribution in [1.29, 1.82) is 0 Å². The van der Waals surface area contributed by atoms with Crippen molar-refractivity contribution >= 4 is 11.9 Å². The number of esters is 2. The van der Waals surface area contributed by atoms with Crippen LogP contribution < -0.4 is 4.74 Å². The summed E-state index contributed by atoms with van der Waals surface area (Å²) in [6.45, 7) is 2.26. The molecule has 154 valence electrons. The molecule has 7 heteroatoms. The van der Waals surface area contributed by atoms with E-state index in [0.29, 0.717) is 24.4 Å². The number of hydrogen-bond donors (Lipinski definition) is 0. The molecule has 7 nitrogen and oxygen atoms in total. The maximum absolute atomic E-state index is 13.0. The molecule has 0 radical (unpaired) electrons. The van der Waals surface area contributed by atoms with Crippen molar-refractivity contribution in [1.82, 2.24) is 9.78 Å². The predicted molar refractivity (Wildman–Crippen MR) is 109 cm³/mol. The van der Waals surface area contributed by atoms with Crippen LogP contribution in [0, 0.1) is 0 Å². The van der Waals surface area contributed by atoms with E-state index in [1.54, 1.807) is 31.0 Å². The van der Waals surface area contributed by atoms with Crippen LogP contribution >= 0.6 is 0 Å². The van der Waals surface area contributed by atoms with Gasteiger partial charge in [0.2, 0.25) is 6.10 Å². The van der Waals surface area contributed by atoms with E-state index in [0.717, 1.165) is 11.1 Å². The van der Waals surface area contributed by atoms with Crippen molar-refractivity contribution in [2.24, 2.45) is 0 Å².